The molecule has 0 saturated carbocycles. The highest BCUT2D eigenvalue weighted by molar-refractivity contribution is 5.34. The maximum Gasteiger partial charge on any atom is 0.150 e. The molecule has 1 aromatic rings. The lowest BCUT2D eigenvalue weighted by Crippen LogP contribution is -2.28. The molecule has 0 aliphatic heterocycles. The van der Waals surface area contributed by atoms with Gasteiger partial charge in [0.05, 0.1) is 0 Å². The van der Waals surface area contributed by atoms with E-state index in [1.165, 1.54) is 0 Å². The van der Waals surface area contributed by atoms with Crippen LogP contribution in [0.1, 0.15) is 6.92 Å². The number of anilines is 1. The second-order valence-electron chi connectivity index (χ2n) is 3.30. The molecule has 0 aliphatic rings. The molecule has 4 nitrogen and oxygen atoms in total. The van der Waals surface area contributed by atoms with Crippen LogP contribution in [0.3, 0.4) is 0 Å². The Balaban J connectivity index is 2.53. The summed E-state index contributed by atoms with van der Waals surface area (Å²) in [7, 11) is 2.00. The summed E-state index contributed by atoms with van der Waals surface area (Å²) in [5, 5.41) is 7.82. The molecule has 72 valence electrons. The minimum absolute atomic E-state index is 0.479. The van der Waals surface area contributed by atoms with Crippen LogP contribution in [0.2, 0.25) is 0 Å². The van der Waals surface area contributed by atoms with Gasteiger partial charge in [-0.2, -0.15) is 5.10 Å². The predicted molar refractivity (Wildman–Crippen MR) is 53.5 cm³/mol. The number of hydrogen-bond acceptors (Lipinski definition) is 4. The highest BCUT2D eigenvalue weighted by Gasteiger charge is 2.05. The average molecular weight is 180 g/mol. The van der Waals surface area contributed by atoms with Crippen LogP contribution < -0.4 is 10.6 Å². The second-order valence-corrected chi connectivity index (χ2v) is 3.30. The summed E-state index contributed by atoms with van der Waals surface area (Å²) in [4.78, 5) is 2.06. The van der Waals surface area contributed by atoms with Crippen molar-refractivity contribution >= 4 is 5.82 Å². The lowest BCUT2D eigenvalue weighted by molar-refractivity contribution is 0.586. The Labute approximate surface area is 78.8 Å². The van der Waals surface area contributed by atoms with Gasteiger partial charge >= 0.3 is 0 Å². The standard InChI is InChI=1S/C9H16N4/c1-8(6-10)7-13(2)9-4-3-5-11-12-9/h3-5,8H,6-7,10H2,1-2H3. The molecule has 1 atom stereocenters. The first-order valence-electron chi connectivity index (χ1n) is 4.43. The van der Waals surface area contributed by atoms with Crippen LogP contribution in [0.15, 0.2) is 18.3 Å². The van der Waals surface area contributed by atoms with Gasteiger partial charge in [0.2, 0.25) is 0 Å². The smallest absolute Gasteiger partial charge is 0.150 e. The minimum atomic E-state index is 0.479. The summed E-state index contributed by atoms with van der Waals surface area (Å²) in [5.41, 5.74) is 5.54. The van der Waals surface area contributed by atoms with Gasteiger partial charge in [-0.3, -0.25) is 0 Å². The third-order valence-electron chi connectivity index (χ3n) is 1.94. The highest BCUT2D eigenvalue weighted by atomic mass is 15.2. The van der Waals surface area contributed by atoms with Crippen molar-refractivity contribution in [2.45, 2.75) is 6.92 Å². The molecule has 1 unspecified atom stereocenters. The monoisotopic (exact) mass is 180 g/mol. The molecule has 13 heavy (non-hydrogen) atoms. The van der Waals surface area contributed by atoms with Gasteiger partial charge in [0.15, 0.2) is 5.82 Å². The lowest BCUT2D eigenvalue weighted by atomic mass is 10.2. The molecule has 0 spiro atoms. The molecule has 0 bridgehead atoms. The fraction of sp³-hybridized carbons (Fsp3) is 0.556. The van der Waals surface area contributed by atoms with Crippen LogP contribution in [0.5, 0.6) is 0 Å². The van der Waals surface area contributed by atoms with Crippen LogP contribution >= 0.6 is 0 Å². The van der Waals surface area contributed by atoms with Gasteiger partial charge in [-0.25, -0.2) is 0 Å². The van der Waals surface area contributed by atoms with E-state index in [0.29, 0.717) is 12.5 Å². The number of aromatic nitrogens is 2. The molecular weight excluding hydrogens is 164 g/mol. The first-order chi connectivity index (χ1) is 6.24. The van der Waals surface area contributed by atoms with Gasteiger partial charge < -0.3 is 10.6 Å². The summed E-state index contributed by atoms with van der Waals surface area (Å²) in [5.74, 6) is 1.37. The van der Waals surface area contributed by atoms with Crippen LogP contribution in [0.25, 0.3) is 0 Å². The van der Waals surface area contributed by atoms with E-state index in [1.807, 2.05) is 19.2 Å². The van der Waals surface area contributed by atoms with E-state index in [9.17, 15) is 0 Å². The Bertz CT molecular complexity index is 237. The summed E-state index contributed by atoms with van der Waals surface area (Å²) in [6.07, 6.45) is 1.67. The van der Waals surface area contributed by atoms with Gasteiger partial charge in [-0.05, 0) is 24.6 Å². The van der Waals surface area contributed by atoms with E-state index in [2.05, 4.69) is 22.0 Å². The quantitative estimate of drug-likeness (QED) is 0.733. The van der Waals surface area contributed by atoms with Crippen LogP contribution in [-0.4, -0.2) is 30.3 Å². The molecule has 0 aliphatic carbocycles. The molecular formula is C9H16N4. The minimum Gasteiger partial charge on any atom is -0.358 e. The summed E-state index contributed by atoms with van der Waals surface area (Å²) in [6.45, 7) is 3.73. The van der Waals surface area contributed by atoms with Gasteiger partial charge in [0.1, 0.15) is 0 Å². The van der Waals surface area contributed by atoms with Crippen LogP contribution in [0.4, 0.5) is 5.82 Å². The first kappa shape index (κ1) is 9.92. The largest absolute Gasteiger partial charge is 0.358 e. The van der Waals surface area contributed by atoms with Gasteiger partial charge in [-0.1, -0.05) is 6.92 Å². The van der Waals surface area contributed by atoms with E-state index in [1.54, 1.807) is 6.20 Å². The first-order valence-corrected chi connectivity index (χ1v) is 4.43. The van der Waals surface area contributed by atoms with Crippen molar-refractivity contribution in [2.24, 2.45) is 11.7 Å². The Morgan fingerprint density at radius 2 is 2.38 bits per heavy atom. The summed E-state index contributed by atoms with van der Waals surface area (Å²) in [6, 6.07) is 3.82. The number of rotatable bonds is 4. The Morgan fingerprint density at radius 3 is 2.92 bits per heavy atom. The lowest BCUT2D eigenvalue weighted by Gasteiger charge is -2.20. The molecule has 0 aromatic carbocycles. The zero-order valence-corrected chi connectivity index (χ0v) is 8.14. The van der Waals surface area contributed by atoms with E-state index in [0.717, 1.165) is 12.4 Å². The van der Waals surface area contributed by atoms with Crippen molar-refractivity contribution < 1.29 is 0 Å². The topological polar surface area (TPSA) is 55.0 Å². The van der Waals surface area contributed by atoms with E-state index < -0.39 is 0 Å². The number of nitrogens with zero attached hydrogens (tertiary/aromatic N) is 3. The highest BCUT2D eigenvalue weighted by Crippen LogP contribution is 2.07. The van der Waals surface area contributed by atoms with Crippen molar-refractivity contribution in [3.05, 3.63) is 18.3 Å². The summed E-state index contributed by atoms with van der Waals surface area (Å²) >= 11 is 0. The summed E-state index contributed by atoms with van der Waals surface area (Å²) < 4.78 is 0. The third kappa shape index (κ3) is 2.99. The van der Waals surface area contributed by atoms with Crippen LogP contribution in [-0.2, 0) is 0 Å². The third-order valence-corrected chi connectivity index (χ3v) is 1.94. The SMILES string of the molecule is CC(CN)CN(C)c1cccnn1. The van der Waals surface area contributed by atoms with E-state index >= 15 is 0 Å². The fourth-order valence-electron chi connectivity index (χ4n) is 1.13. The van der Waals surface area contributed by atoms with E-state index in [4.69, 9.17) is 5.73 Å². The molecule has 4 heteroatoms. The average Bonchev–Trinajstić information content (AvgIpc) is 2.19. The second kappa shape index (κ2) is 4.77. The number of hydrogen-bond donors (Lipinski definition) is 1. The maximum atomic E-state index is 5.54. The molecule has 0 fully saturated rings. The van der Waals surface area contributed by atoms with Gasteiger partial charge in [0.25, 0.3) is 0 Å². The normalized spacial score (nSPS) is 12.5. The molecule has 0 saturated heterocycles. The molecule has 1 rings (SSSR count). The number of nitrogens with two attached hydrogens (primary N) is 1. The Morgan fingerprint density at radius 1 is 1.62 bits per heavy atom. The zero-order chi connectivity index (χ0) is 9.68. The van der Waals surface area contributed by atoms with Crippen molar-refractivity contribution in [1.82, 2.24) is 10.2 Å². The van der Waals surface area contributed by atoms with Gasteiger partial charge in [-0.15, -0.1) is 5.10 Å². The predicted octanol–water partition coefficient (Wildman–Crippen LogP) is 0.508. The molecule has 0 amide bonds. The maximum absolute atomic E-state index is 5.54. The molecule has 1 heterocycles. The van der Waals surface area contributed by atoms with Crippen molar-refractivity contribution in [3.8, 4) is 0 Å². The zero-order valence-electron chi connectivity index (χ0n) is 8.14. The van der Waals surface area contributed by atoms with Crippen molar-refractivity contribution in [3.63, 3.8) is 0 Å². The molecule has 2 N–H and O–H groups in total. The fourth-order valence-corrected chi connectivity index (χ4v) is 1.13. The van der Waals surface area contributed by atoms with E-state index in [-0.39, 0.29) is 0 Å². The van der Waals surface area contributed by atoms with Gasteiger partial charge in [0, 0.05) is 19.8 Å². The van der Waals surface area contributed by atoms with Crippen molar-refractivity contribution in [1.29, 1.82) is 0 Å². The molecule has 1 aromatic heterocycles. The Kier molecular flexibility index (Phi) is 3.64. The van der Waals surface area contributed by atoms with Crippen molar-refractivity contribution in [2.75, 3.05) is 25.0 Å². The van der Waals surface area contributed by atoms with Crippen LogP contribution in [0, 0.1) is 5.92 Å². The Hall–Kier alpha value is -1.16. The molecule has 0 radical (unpaired) electrons.